The molecule has 0 aromatic carbocycles. The summed E-state index contributed by atoms with van der Waals surface area (Å²) in [7, 11) is 1.97. The fourth-order valence-electron chi connectivity index (χ4n) is 1.61. The first-order valence-electron chi connectivity index (χ1n) is 5.38. The van der Waals surface area contributed by atoms with Crippen molar-refractivity contribution < 1.29 is 9.53 Å². The number of hydrogen-bond donors (Lipinski definition) is 1. The summed E-state index contributed by atoms with van der Waals surface area (Å²) < 4.78 is 6.19. The van der Waals surface area contributed by atoms with E-state index in [0.717, 1.165) is 11.0 Å². The Morgan fingerprint density at radius 1 is 1.71 bits per heavy atom. The van der Waals surface area contributed by atoms with Gasteiger partial charge < -0.3 is 15.0 Å². The van der Waals surface area contributed by atoms with Crippen molar-refractivity contribution in [2.45, 2.75) is 6.10 Å². The summed E-state index contributed by atoms with van der Waals surface area (Å²) in [6.07, 6.45) is 1.21. The van der Waals surface area contributed by atoms with Crippen LogP contribution < -0.4 is 5.32 Å². The minimum absolute atomic E-state index is 0.157. The van der Waals surface area contributed by atoms with E-state index in [2.05, 4.69) is 31.1 Å². The van der Waals surface area contributed by atoms with E-state index in [4.69, 9.17) is 4.74 Å². The Bertz CT molecular complexity index is 413. The lowest BCUT2D eigenvalue weighted by atomic mass is 10.2. The first-order chi connectivity index (χ1) is 8.16. The molecule has 1 aliphatic rings. The average molecular weight is 300 g/mol. The zero-order valence-corrected chi connectivity index (χ0v) is 11.1. The van der Waals surface area contributed by atoms with Gasteiger partial charge in [-0.2, -0.15) is 0 Å². The Hall–Kier alpha value is -0.980. The standard InChI is InChI=1S/C11H14BrN3O2/c1-15-5-6-17-9(7-15)11(16)14-10-8(12)3-2-4-13-10/h2-4,9H,5-7H2,1H3,(H,13,14,16)/t9-/m0/s1. The zero-order chi connectivity index (χ0) is 12.3. The molecule has 1 aromatic rings. The van der Waals surface area contributed by atoms with Gasteiger partial charge in [0, 0.05) is 19.3 Å². The summed E-state index contributed by atoms with van der Waals surface area (Å²) in [6, 6.07) is 3.63. The summed E-state index contributed by atoms with van der Waals surface area (Å²) in [6.45, 7) is 2.05. The van der Waals surface area contributed by atoms with E-state index < -0.39 is 6.10 Å². The number of nitrogens with zero attached hydrogens (tertiary/aromatic N) is 2. The van der Waals surface area contributed by atoms with Gasteiger partial charge in [0.2, 0.25) is 0 Å². The van der Waals surface area contributed by atoms with Gasteiger partial charge in [-0.1, -0.05) is 0 Å². The molecule has 0 aliphatic carbocycles. The number of carbonyl (C=O) groups is 1. The molecule has 0 bridgehead atoms. The van der Waals surface area contributed by atoms with Crippen LogP contribution in [0.1, 0.15) is 0 Å². The van der Waals surface area contributed by atoms with Gasteiger partial charge in [0.05, 0.1) is 11.1 Å². The van der Waals surface area contributed by atoms with E-state index >= 15 is 0 Å². The quantitative estimate of drug-likeness (QED) is 0.889. The molecule has 1 aromatic heterocycles. The second kappa shape index (κ2) is 5.57. The van der Waals surface area contributed by atoms with Crippen LogP contribution in [-0.2, 0) is 9.53 Å². The monoisotopic (exact) mass is 299 g/mol. The number of aromatic nitrogens is 1. The number of amides is 1. The fraction of sp³-hybridized carbons (Fsp3) is 0.455. The summed E-state index contributed by atoms with van der Waals surface area (Å²) in [4.78, 5) is 18.1. The van der Waals surface area contributed by atoms with Crippen LogP contribution >= 0.6 is 15.9 Å². The molecule has 5 nitrogen and oxygen atoms in total. The van der Waals surface area contributed by atoms with Gasteiger partial charge in [-0.05, 0) is 35.1 Å². The second-order valence-electron chi connectivity index (χ2n) is 3.94. The van der Waals surface area contributed by atoms with Gasteiger partial charge in [-0.15, -0.1) is 0 Å². The maximum absolute atomic E-state index is 11.9. The van der Waals surface area contributed by atoms with Crippen LogP contribution in [0.2, 0.25) is 0 Å². The number of ether oxygens (including phenoxy) is 1. The first-order valence-corrected chi connectivity index (χ1v) is 6.17. The number of pyridine rings is 1. The summed E-state index contributed by atoms with van der Waals surface area (Å²) in [5.74, 6) is 0.366. The number of anilines is 1. The topological polar surface area (TPSA) is 54.5 Å². The molecule has 1 aliphatic heterocycles. The van der Waals surface area contributed by atoms with Gasteiger partial charge >= 0.3 is 0 Å². The van der Waals surface area contributed by atoms with Gasteiger partial charge in [0.25, 0.3) is 5.91 Å². The Morgan fingerprint density at radius 2 is 2.53 bits per heavy atom. The van der Waals surface area contributed by atoms with E-state index in [1.807, 2.05) is 13.1 Å². The number of carbonyl (C=O) groups excluding carboxylic acids is 1. The molecular weight excluding hydrogens is 286 g/mol. The Morgan fingerprint density at radius 3 is 3.24 bits per heavy atom. The number of rotatable bonds is 2. The fourth-order valence-corrected chi connectivity index (χ4v) is 1.97. The smallest absolute Gasteiger partial charge is 0.256 e. The lowest BCUT2D eigenvalue weighted by Gasteiger charge is -2.28. The largest absolute Gasteiger partial charge is 0.366 e. The van der Waals surface area contributed by atoms with Crippen LogP contribution in [0.4, 0.5) is 5.82 Å². The van der Waals surface area contributed by atoms with Crippen molar-refractivity contribution in [2.75, 3.05) is 32.1 Å². The first kappa shape index (κ1) is 12.5. The highest BCUT2D eigenvalue weighted by molar-refractivity contribution is 9.10. The Kier molecular flexibility index (Phi) is 4.09. The minimum Gasteiger partial charge on any atom is -0.366 e. The van der Waals surface area contributed by atoms with Crippen molar-refractivity contribution in [1.29, 1.82) is 0 Å². The zero-order valence-electron chi connectivity index (χ0n) is 9.52. The van der Waals surface area contributed by atoms with Gasteiger partial charge in [-0.25, -0.2) is 4.98 Å². The predicted molar refractivity (Wildman–Crippen MR) is 67.8 cm³/mol. The highest BCUT2D eigenvalue weighted by Gasteiger charge is 2.25. The van der Waals surface area contributed by atoms with Crippen molar-refractivity contribution in [1.82, 2.24) is 9.88 Å². The lowest BCUT2D eigenvalue weighted by molar-refractivity contribution is -0.132. The normalized spacial score (nSPS) is 21.2. The molecule has 92 valence electrons. The molecule has 17 heavy (non-hydrogen) atoms. The molecule has 1 fully saturated rings. The molecule has 0 unspecified atom stereocenters. The van der Waals surface area contributed by atoms with Crippen molar-refractivity contribution >= 4 is 27.7 Å². The van der Waals surface area contributed by atoms with E-state index in [0.29, 0.717) is 19.0 Å². The second-order valence-corrected chi connectivity index (χ2v) is 4.80. The third-order valence-corrected chi connectivity index (χ3v) is 3.20. The SMILES string of the molecule is CN1CCO[C@H](C(=O)Nc2ncccc2Br)C1. The molecule has 1 saturated heterocycles. The highest BCUT2D eigenvalue weighted by atomic mass is 79.9. The van der Waals surface area contributed by atoms with Gasteiger partial charge in [0.1, 0.15) is 11.9 Å². The van der Waals surface area contributed by atoms with Gasteiger partial charge in [-0.3, -0.25) is 4.79 Å². The minimum atomic E-state index is -0.428. The third-order valence-electron chi connectivity index (χ3n) is 2.56. The molecule has 6 heteroatoms. The number of nitrogens with one attached hydrogen (secondary N) is 1. The predicted octanol–water partition coefficient (Wildman–Crippen LogP) is 1.11. The maximum atomic E-state index is 11.9. The molecule has 0 radical (unpaired) electrons. The van der Waals surface area contributed by atoms with Crippen molar-refractivity contribution in [3.05, 3.63) is 22.8 Å². The van der Waals surface area contributed by atoms with E-state index in [1.165, 1.54) is 0 Å². The van der Waals surface area contributed by atoms with Crippen LogP contribution in [-0.4, -0.2) is 48.6 Å². The summed E-state index contributed by atoms with van der Waals surface area (Å²) in [5.41, 5.74) is 0. The van der Waals surface area contributed by atoms with Crippen LogP contribution in [0, 0.1) is 0 Å². The number of likely N-dealkylation sites (N-methyl/N-ethyl adjacent to an activating group) is 1. The molecule has 0 spiro atoms. The van der Waals surface area contributed by atoms with Crippen LogP contribution in [0.15, 0.2) is 22.8 Å². The Balaban J connectivity index is 1.99. The van der Waals surface area contributed by atoms with E-state index in [-0.39, 0.29) is 5.91 Å². The summed E-state index contributed by atoms with van der Waals surface area (Å²) in [5, 5.41) is 2.75. The molecule has 1 atom stereocenters. The lowest BCUT2D eigenvalue weighted by Crippen LogP contribution is -2.46. The van der Waals surface area contributed by atoms with Crippen molar-refractivity contribution in [3.63, 3.8) is 0 Å². The van der Waals surface area contributed by atoms with Gasteiger partial charge in [0.15, 0.2) is 0 Å². The van der Waals surface area contributed by atoms with Crippen LogP contribution in [0.5, 0.6) is 0 Å². The maximum Gasteiger partial charge on any atom is 0.256 e. The third kappa shape index (κ3) is 3.24. The number of morpholine rings is 1. The average Bonchev–Trinajstić information content (AvgIpc) is 2.32. The number of hydrogen-bond acceptors (Lipinski definition) is 4. The molecule has 0 saturated carbocycles. The Labute approximate surface area is 108 Å². The molecule has 2 heterocycles. The molecule has 1 amide bonds. The molecular formula is C11H14BrN3O2. The summed E-state index contributed by atoms with van der Waals surface area (Å²) >= 11 is 3.33. The molecule has 2 rings (SSSR count). The van der Waals surface area contributed by atoms with Crippen molar-refractivity contribution in [3.8, 4) is 0 Å². The van der Waals surface area contributed by atoms with Crippen LogP contribution in [0.3, 0.4) is 0 Å². The van der Waals surface area contributed by atoms with E-state index in [9.17, 15) is 4.79 Å². The molecule has 1 N–H and O–H groups in total. The van der Waals surface area contributed by atoms with E-state index in [1.54, 1.807) is 12.3 Å². The number of halogens is 1. The highest BCUT2D eigenvalue weighted by Crippen LogP contribution is 2.18. The van der Waals surface area contributed by atoms with Crippen LogP contribution in [0.25, 0.3) is 0 Å². The van der Waals surface area contributed by atoms with Crippen molar-refractivity contribution in [2.24, 2.45) is 0 Å².